The van der Waals surface area contributed by atoms with Crippen molar-refractivity contribution in [2.45, 2.75) is 38.1 Å². The van der Waals surface area contributed by atoms with Gasteiger partial charge in [0, 0.05) is 29.5 Å². The molecule has 1 aliphatic carbocycles. The van der Waals surface area contributed by atoms with E-state index in [-0.39, 0.29) is 24.3 Å². The number of rotatable bonds is 6. The zero-order valence-corrected chi connectivity index (χ0v) is 14.3. The number of hydrogen-bond acceptors (Lipinski definition) is 4. The first-order chi connectivity index (χ1) is 12.0. The number of aromatic nitrogens is 1. The van der Waals surface area contributed by atoms with E-state index in [9.17, 15) is 9.59 Å². The lowest BCUT2D eigenvalue weighted by Crippen LogP contribution is -2.33. The Kier molecular flexibility index (Phi) is 5.38. The molecule has 0 unspecified atom stereocenters. The van der Waals surface area contributed by atoms with Gasteiger partial charge in [-0.2, -0.15) is 0 Å². The summed E-state index contributed by atoms with van der Waals surface area (Å²) in [5.74, 6) is -0.116. The van der Waals surface area contributed by atoms with Crippen LogP contribution in [-0.4, -0.2) is 28.0 Å². The Morgan fingerprint density at radius 1 is 1.28 bits per heavy atom. The van der Waals surface area contributed by atoms with Gasteiger partial charge in [-0.3, -0.25) is 9.59 Å². The van der Waals surface area contributed by atoms with Crippen LogP contribution in [0.4, 0.5) is 0 Å². The van der Waals surface area contributed by atoms with Crippen LogP contribution in [-0.2, 0) is 16.0 Å². The Morgan fingerprint density at radius 2 is 2.04 bits per heavy atom. The topological polar surface area (TPSA) is 92.4 Å². The smallest absolute Gasteiger partial charge is 0.306 e. The number of carboxylic acid groups (broad SMARTS) is 1. The second-order valence-electron chi connectivity index (χ2n) is 6.24. The first-order valence-corrected chi connectivity index (χ1v) is 8.62. The summed E-state index contributed by atoms with van der Waals surface area (Å²) in [5.41, 5.74) is 0.873. The molecule has 1 aliphatic rings. The van der Waals surface area contributed by atoms with E-state index in [4.69, 9.17) is 21.1 Å². The minimum absolute atomic E-state index is 0.0530. The van der Waals surface area contributed by atoms with E-state index in [1.807, 2.05) is 12.1 Å². The molecule has 2 N–H and O–H groups in total. The minimum Gasteiger partial charge on any atom is -0.481 e. The second kappa shape index (κ2) is 7.70. The molecule has 2 atom stereocenters. The molecule has 6 nitrogen and oxygen atoms in total. The average molecular weight is 363 g/mol. The number of oxazole rings is 1. The largest absolute Gasteiger partial charge is 0.481 e. The van der Waals surface area contributed by atoms with Crippen LogP contribution in [0.5, 0.6) is 0 Å². The number of aryl methyl sites for hydroxylation is 1. The lowest BCUT2D eigenvalue weighted by molar-refractivity contribution is -0.141. The highest BCUT2D eigenvalue weighted by molar-refractivity contribution is 6.30. The first kappa shape index (κ1) is 17.5. The number of aliphatic carboxylic acids is 1. The van der Waals surface area contributed by atoms with E-state index in [2.05, 4.69) is 10.3 Å². The maximum Gasteiger partial charge on any atom is 0.306 e. The molecule has 0 saturated heterocycles. The molecule has 1 amide bonds. The van der Waals surface area contributed by atoms with Gasteiger partial charge in [-0.15, -0.1) is 0 Å². The van der Waals surface area contributed by atoms with Gasteiger partial charge in [-0.05, 0) is 43.5 Å². The Balaban J connectivity index is 1.48. The van der Waals surface area contributed by atoms with Crippen LogP contribution < -0.4 is 5.32 Å². The monoisotopic (exact) mass is 362 g/mol. The molecule has 0 spiro atoms. The third-order valence-electron chi connectivity index (χ3n) is 4.40. The van der Waals surface area contributed by atoms with Gasteiger partial charge < -0.3 is 14.8 Å². The molecule has 3 rings (SSSR count). The van der Waals surface area contributed by atoms with Crippen molar-refractivity contribution < 1.29 is 19.1 Å². The fraction of sp³-hybridized carbons (Fsp3) is 0.389. The zero-order chi connectivity index (χ0) is 17.8. The molecular weight excluding hydrogens is 344 g/mol. The van der Waals surface area contributed by atoms with Crippen molar-refractivity contribution in [1.82, 2.24) is 10.3 Å². The van der Waals surface area contributed by atoms with Crippen molar-refractivity contribution in [2.75, 3.05) is 0 Å². The SMILES string of the molecule is O=C(CCc1ncc(-c2ccc(Cl)cc2)o1)N[C@H]1CC[C@@H](C(=O)O)C1. The molecule has 2 aromatic rings. The Labute approximate surface area is 150 Å². The molecule has 1 fully saturated rings. The molecular formula is C18H19ClN2O4. The Morgan fingerprint density at radius 3 is 2.72 bits per heavy atom. The summed E-state index contributed by atoms with van der Waals surface area (Å²) >= 11 is 5.86. The van der Waals surface area contributed by atoms with E-state index in [1.165, 1.54) is 0 Å². The summed E-state index contributed by atoms with van der Waals surface area (Å²) in [4.78, 5) is 27.2. The third kappa shape index (κ3) is 4.60. The molecule has 1 aromatic heterocycles. The van der Waals surface area contributed by atoms with Crippen molar-refractivity contribution in [3.05, 3.63) is 41.4 Å². The highest BCUT2D eigenvalue weighted by atomic mass is 35.5. The summed E-state index contributed by atoms with van der Waals surface area (Å²) in [5, 5.41) is 12.5. The molecule has 1 heterocycles. The standard InChI is InChI=1S/C18H19ClN2O4/c19-13-4-1-11(2-5-13)15-10-20-17(25-15)8-7-16(22)21-14-6-3-12(9-14)18(23)24/h1-2,4-5,10,12,14H,3,6-9H2,(H,21,22)(H,23,24)/t12-,14+/m1/s1. The van der Waals surface area contributed by atoms with Crippen LogP contribution in [0.2, 0.25) is 5.02 Å². The number of carbonyl (C=O) groups is 2. The summed E-state index contributed by atoms with van der Waals surface area (Å²) in [7, 11) is 0. The van der Waals surface area contributed by atoms with E-state index in [0.717, 1.165) is 5.56 Å². The zero-order valence-electron chi connectivity index (χ0n) is 13.6. The van der Waals surface area contributed by atoms with Gasteiger partial charge in [-0.1, -0.05) is 11.6 Å². The molecule has 25 heavy (non-hydrogen) atoms. The van der Waals surface area contributed by atoms with Crippen LogP contribution in [0.25, 0.3) is 11.3 Å². The summed E-state index contributed by atoms with van der Waals surface area (Å²) in [6, 6.07) is 7.19. The highest BCUT2D eigenvalue weighted by Crippen LogP contribution is 2.26. The highest BCUT2D eigenvalue weighted by Gasteiger charge is 2.30. The number of halogens is 1. The number of carbonyl (C=O) groups excluding carboxylic acids is 1. The summed E-state index contributed by atoms with van der Waals surface area (Å²) in [6.45, 7) is 0. The van der Waals surface area contributed by atoms with Gasteiger partial charge >= 0.3 is 5.97 Å². The second-order valence-corrected chi connectivity index (χ2v) is 6.67. The minimum atomic E-state index is -0.786. The van der Waals surface area contributed by atoms with Crippen molar-refractivity contribution in [2.24, 2.45) is 5.92 Å². The van der Waals surface area contributed by atoms with Crippen LogP contribution in [0.3, 0.4) is 0 Å². The van der Waals surface area contributed by atoms with Crippen LogP contribution >= 0.6 is 11.6 Å². The number of nitrogens with zero attached hydrogens (tertiary/aromatic N) is 1. The fourth-order valence-electron chi connectivity index (χ4n) is 3.03. The number of benzene rings is 1. The molecule has 0 bridgehead atoms. The van der Waals surface area contributed by atoms with Crippen LogP contribution in [0.1, 0.15) is 31.6 Å². The lowest BCUT2D eigenvalue weighted by atomic mass is 10.1. The predicted molar refractivity (Wildman–Crippen MR) is 92.2 cm³/mol. The number of hydrogen-bond donors (Lipinski definition) is 2. The molecule has 1 aromatic carbocycles. The van der Waals surface area contributed by atoms with E-state index >= 15 is 0 Å². The first-order valence-electron chi connectivity index (χ1n) is 8.24. The average Bonchev–Trinajstić information content (AvgIpc) is 3.23. The van der Waals surface area contributed by atoms with E-state index < -0.39 is 5.97 Å². The van der Waals surface area contributed by atoms with Crippen molar-refractivity contribution in [3.63, 3.8) is 0 Å². The van der Waals surface area contributed by atoms with E-state index in [1.54, 1.807) is 18.3 Å². The quantitative estimate of drug-likeness (QED) is 0.822. The molecule has 0 radical (unpaired) electrons. The van der Waals surface area contributed by atoms with Gasteiger partial charge in [0.05, 0.1) is 12.1 Å². The number of amides is 1. The van der Waals surface area contributed by atoms with Gasteiger partial charge in [-0.25, -0.2) is 4.98 Å². The van der Waals surface area contributed by atoms with Crippen molar-refractivity contribution in [1.29, 1.82) is 0 Å². The Hall–Kier alpha value is -2.34. The fourth-order valence-corrected chi connectivity index (χ4v) is 3.16. The van der Waals surface area contributed by atoms with Crippen molar-refractivity contribution in [3.8, 4) is 11.3 Å². The number of carboxylic acids is 1. The summed E-state index contributed by atoms with van der Waals surface area (Å²) in [6.07, 6.45) is 4.11. The van der Waals surface area contributed by atoms with Gasteiger partial charge in [0.25, 0.3) is 0 Å². The van der Waals surface area contributed by atoms with Crippen LogP contribution in [0, 0.1) is 5.92 Å². The summed E-state index contributed by atoms with van der Waals surface area (Å²) < 4.78 is 5.67. The maximum atomic E-state index is 12.0. The van der Waals surface area contributed by atoms with Gasteiger partial charge in [0.2, 0.25) is 5.91 Å². The van der Waals surface area contributed by atoms with Gasteiger partial charge in [0.15, 0.2) is 11.7 Å². The molecule has 0 aliphatic heterocycles. The molecule has 7 heteroatoms. The van der Waals surface area contributed by atoms with Crippen molar-refractivity contribution >= 4 is 23.5 Å². The Bertz CT molecular complexity index is 757. The normalized spacial score (nSPS) is 19.7. The van der Waals surface area contributed by atoms with Gasteiger partial charge in [0.1, 0.15) is 0 Å². The molecule has 1 saturated carbocycles. The maximum absolute atomic E-state index is 12.0. The third-order valence-corrected chi connectivity index (χ3v) is 4.65. The molecule has 132 valence electrons. The van der Waals surface area contributed by atoms with E-state index in [0.29, 0.717) is 42.4 Å². The lowest BCUT2D eigenvalue weighted by Gasteiger charge is -2.11. The van der Waals surface area contributed by atoms with Crippen LogP contribution in [0.15, 0.2) is 34.9 Å². The predicted octanol–water partition coefficient (Wildman–Crippen LogP) is 3.30. The number of nitrogens with one attached hydrogen (secondary N) is 1.